The fourth-order valence-electron chi connectivity index (χ4n) is 3.99. The van der Waals surface area contributed by atoms with Crippen molar-refractivity contribution in [3.63, 3.8) is 0 Å². The molecule has 0 saturated heterocycles. The Morgan fingerprint density at radius 3 is 2.61 bits per heavy atom. The van der Waals surface area contributed by atoms with Crippen molar-refractivity contribution in [1.29, 1.82) is 0 Å². The van der Waals surface area contributed by atoms with Gasteiger partial charge < -0.3 is 9.64 Å². The summed E-state index contributed by atoms with van der Waals surface area (Å²) in [4.78, 5) is 14.4. The maximum absolute atomic E-state index is 14.0. The first-order valence-electron chi connectivity index (χ1n) is 10.2. The molecular formula is C25H22F3NO2. The van der Waals surface area contributed by atoms with Gasteiger partial charge in [-0.25, -0.2) is 13.2 Å². The molecular weight excluding hydrogens is 403 g/mol. The number of ether oxygens (including phenoxy) is 1. The van der Waals surface area contributed by atoms with Crippen LogP contribution in [-0.4, -0.2) is 17.4 Å². The molecule has 1 unspecified atom stereocenters. The minimum Gasteiger partial charge on any atom is -0.489 e. The number of hydrogen-bond donors (Lipinski definition) is 0. The topological polar surface area (TPSA) is 29.5 Å². The average Bonchev–Trinajstić information content (AvgIpc) is 2.78. The van der Waals surface area contributed by atoms with E-state index in [9.17, 15) is 18.0 Å². The van der Waals surface area contributed by atoms with Crippen LogP contribution in [0, 0.1) is 17.5 Å². The molecule has 0 radical (unpaired) electrons. The average molecular weight is 425 g/mol. The number of benzene rings is 3. The van der Waals surface area contributed by atoms with Gasteiger partial charge in [0.1, 0.15) is 18.2 Å². The van der Waals surface area contributed by atoms with Gasteiger partial charge in [0.05, 0.1) is 6.04 Å². The van der Waals surface area contributed by atoms with E-state index in [4.69, 9.17) is 4.74 Å². The molecule has 1 aliphatic rings. The first-order valence-corrected chi connectivity index (χ1v) is 10.2. The number of carbonyl (C=O) groups excluding carboxylic acids is 1. The van der Waals surface area contributed by atoms with Gasteiger partial charge in [0.2, 0.25) is 5.91 Å². The molecule has 0 fully saturated rings. The summed E-state index contributed by atoms with van der Waals surface area (Å²) >= 11 is 0. The van der Waals surface area contributed by atoms with E-state index >= 15 is 0 Å². The SMILES string of the molecule is CCC(=O)N1CCc2ccc(OCc3ccc(F)c(F)c3)cc2C1c1cccc(F)c1. The highest BCUT2D eigenvalue weighted by molar-refractivity contribution is 5.77. The Morgan fingerprint density at radius 2 is 1.87 bits per heavy atom. The standard InChI is InChI=1S/C25H22F3NO2/c1-2-24(30)29-11-10-17-7-8-20(31-15-16-6-9-22(27)23(28)12-16)14-21(17)25(29)18-4-3-5-19(26)13-18/h3-9,12-14,25H,2,10-11,15H2,1H3. The molecule has 6 heteroatoms. The Bertz CT molecular complexity index is 1120. The van der Waals surface area contributed by atoms with Gasteiger partial charge in [0, 0.05) is 13.0 Å². The Labute approximate surface area is 179 Å². The maximum atomic E-state index is 14.0. The second-order valence-electron chi connectivity index (χ2n) is 7.55. The third kappa shape index (κ3) is 4.43. The highest BCUT2D eigenvalue weighted by Crippen LogP contribution is 2.37. The lowest BCUT2D eigenvalue weighted by atomic mass is 9.87. The molecule has 0 aliphatic carbocycles. The van der Waals surface area contributed by atoms with Gasteiger partial charge in [-0.3, -0.25) is 4.79 Å². The van der Waals surface area contributed by atoms with E-state index in [1.807, 2.05) is 31.2 Å². The molecule has 3 aromatic rings. The zero-order chi connectivity index (χ0) is 22.0. The third-order valence-corrected chi connectivity index (χ3v) is 5.52. The molecule has 0 saturated carbocycles. The fraction of sp³-hybridized carbons (Fsp3) is 0.240. The van der Waals surface area contributed by atoms with Gasteiger partial charge in [0.25, 0.3) is 0 Å². The summed E-state index contributed by atoms with van der Waals surface area (Å²) < 4.78 is 46.4. The second-order valence-corrected chi connectivity index (χ2v) is 7.55. The fourth-order valence-corrected chi connectivity index (χ4v) is 3.99. The zero-order valence-corrected chi connectivity index (χ0v) is 17.1. The summed E-state index contributed by atoms with van der Waals surface area (Å²) in [5, 5.41) is 0. The summed E-state index contributed by atoms with van der Waals surface area (Å²) in [5.41, 5.74) is 3.14. The number of nitrogens with zero attached hydrogens (tertiary/aromatic N) is 1. The maximum Gasteiger partial charge on any atom is 0.223 e. The van der Waals surface area contributed by atoms with Crippen LogP contribution in [0.4, 0.5) is 13.2 Å². The van der Waals surface area contributed by atoms with Crippen molar-refractivity contribution in [2.45, 2.75) is 32.4 Å². The molecule has 3 nitrogen and oxygen atoms in total. The quantitative estimate of drug-likeness (QED) is 0.535. The predicted molar refractivity (Wildman–Crippen MR) is 111 cm³/mol. The van der Waals surface area contributed by atoms with E-state index in [-0.39, 0.29) is 18.3 Å². The van der Waals surface area contributed by atoms with E-state index in [1.54, 1.807) is 11.0 Å². The Hall–Kier alpha value is -3.28. The Kier molecular flexibility index (Phi) is 5.98. The van der Waals surface area contributed by atoms with Gasteiger partial charge in [-0.15, -0.1) is 0 Å². The number of rotatable bonds is 5. The molecule has 3 aromatic carbocycles. The van der Waals surface area contributed by atoms with Gasteiger partial charge in [-0.1, -0.05) is 31.2 Å². The first kappa shape index (κ1) is 21.0. The van der Waals surface area contributed by atoms with Gasteiger partial charge in [0.15, 0.2) is 11.6 Å². The zero-order valence-electron chi connectivity index (χ0n) is 17.1. The van der Waals surface area contributed by atoms with Crippen molar-refractivity contribution < 1.29 is 22.7 Å². The van der Waals surface area contributed by atoms with Crippen LogP contribution in [0.1, 0.15) is 41.6 Å². The molecule has 1 aliphatic heterocycles. The third-order valence-electron chi connectivity index (χ3n) is 5.52. The van der Waals surface area contributed by atoms with Crippen LogP contribution >= 0.6 is 0 Å². The lowest BCUT2D eigenvalue weighted by Gasteiger charge is -2.38. The monoisotopic (exact) mass is 425 g/mol. The molecule has 0 spiro atoms. The van der Waals surface area contributed by atoms with Crippen LogP contribution in [0.2, 0.25) is 0 Å². The normalized spacial score (nSPS) is 15.5. The van der Waals surface area contributed by atoms with E-state index < -0.39 is 17.7 Å². The minimum absolute atomic E-state index is 0.00646. The second kappa shape index (κ2) is 8.84. The molecule has 4 rings (SSSR count). The summed E-state index contributed by atoms with van der Waals surface area (Å²) in [7, 11) is 0. The highest BCUT2D eigenvalue weighted by atomic mass is 19.2. The molecule has 1 atom stereocenters. The largest absolute Gasteiger partial charge is 0.489 e. The van der Waals surface area contributed by atoms with Gasteiger partial charge in [-0.05, 0) is 65.1 Å². The summed E-state index contributed by atoms with van der Waals surface area (Å²) in [6.07, 6.45) is 1.05. The van der Waals surface area contributed by atoms with Crippen molar-refractivity contribution in [2.75, 3.05) is 6.54 Å². The molecule has 1 heterocycles. The Morgan fingerprint density at radius 1 is 1.03 bits per heavy atom. The van der Waals surface area contributed by atoms with Crippen molar-refractivity contribution in [3.05, 3.63) is 100 Å². The predicted octanol–water partition coefficient (Wildman–Crippen LogP) is 5.57. The van der Waals surface area contributed by atoms with E-state index in [2.05, 4.69) is 0 Å². The van der Waals surface area contributed by atoms with Crippen molar-refractivity contribution in [1.82, 2.24) is 4.90 Å². The lowest BCUT2D eigenvalue weighted by molar-refractivity contribution is -0.132. The van der Waals surface area contributed by atoms with E-state index in [1.165, 1.54) is 18.2 Å². The van der Waals surface area contributed by atoms with Crippen LogP contribution in [0.3, 0.4) is 0 Å². The van der Waals surface area contributed by atoms with Crippen LogP contribution in [0.25, 0.3) is 0 Å². The van der Waals surface area contributed by atoms with E-state index in [0.29, 0.717) is 36.3 Å². The molecule has 0 N–H and O–H groups in total. The van der Waals surface area contributed by atoms with E-state index in [0.717, 1.165) is 23.3 Å². The summed E-state index contributed by atoms with van der Waals surface area (Å²) in [6, 6.07) is 15.1. The van der Waals surface area contributed by atoms with Crippen LogP contribution in [-0.2, 0) is 17.8 Å². The minimum atomic E-state index is -0.925. The van der Waals surface area contributed by atoms with Crippen molar-refractivity contribution in [2.24, 2.45) is 0 Å². The number of amides is 1. The van der Waals surface area contributed by atoms with Gasteiger partial charge >= 0.3 is 0 Å². The molecule has 31 heavy (non-hydrogen) atoms. The Balaban J connectivity index is 1.67. The number of hydrogen-bond acceptors (Lipinski definition) is 2. The lowest BCUT2D eigenvalue weighted by Crippen LogP contribution is -2.40. The number of carbonyl (C=O) groups is 1. The highest BCUT2D eigenvalue weighted by Gasteiger charge is 2.32. The first-order chi connectivity index (χ1) is 15.0. The van der Waals surface area contributed by atoms with Gasteiger partial charge in [-0.2, -0.15) is 0 Å². The van der Waals surface area contributed by atoms with Crippen molar-refractivity contribution >= 4 is 5.91 Å². The van der Waals surface area contributed by atoms with Crippen LogP contribution < -0.4 is 4.74 Å². The molecule has 160 valence electrons. The summed E-state index contributed by atoms with van der Waals surface area (Å²) in [5.74, 6) is -1.66. The number of halogens is 3. The molecule has 1 amide bonds. The van der Waals surface area contributed by atoms with Crippen LogP contribution in [0.5, 0.6) is 5.75 Å². The summed E-state index contributed by atoms with van der Waals surface area (Å²) in [6.45, 7) is 2.43. The number of fused-ring (bicyclic) bond motifs is 1. The molecule has 0 bridgehead atoms. The smallest absolute Gasteiger partial charge is 0.223 e. The van der Waals surface area contributed by atoms with Crippen LogP contribution in [0.15, 0.2) is 60.7 Å². The van der Waals surface area contributed by atoms with Crippen molar-refractivity contribution in [3.8, 4) is 5.75 Å². The molecule has 0 aromatic heterocycles.